The van der Waals surface area contributed by atoms with E-state index in [0.29, 0.717) is 6.54 Å². The molecule has 0 spiro atoms. The van der Waals surface area contributed by atoms with Crippen LogP contribution in [0, 0.1) is 6.92 Å². The molecule has 3 aromatic carbocycles. The summed E-state index contributed by atoms with van der Waals surface area (Å²) in [6.07, 6.45) is 0.901. The predicted molar refractivity (Wildman–Crippen MR) is 106 cm³/mol. The van der Waals surface area contributed by atoms with Crippen molar-refractivity contribution in [2.45, 2.75) is 20.3 Å². The fourth-order valence-corrected chi connectivity index (χ4v) is 3.10. The monoisotopic (exact) mass is 332 g/mol. The third-order valence-electron chi connectivity index (χ3n) is 4.56. The van der Waals surface area contributed by atoms with Crippen LogP contribution in [0.4, 0.5) is 11.4 Å². The first kappa shape index (κ1) is 17.0. The molecule has 0 aromatic heterocycles. The van der Waals surface area contributed by atoms with Crippen molar-refractivity contribution in [2.24, 2.45) is 0 Å². The number of benzene rings is 3. The number of para-hydroxylation sites is 1. The maximum atomic E-state index is 12.5. The van der Waals surface area contributed by atoms with E-state index in [1.165, 1.54) is 16.3 Å². The third kappa shape index (κ3) is 3.82. The molecule has 3 rings (SSSR count). The van der Waals surface area contributed by atoms with Crippen molar-refractivity contribution in [2.75, 3.05) is 23.8 Å². The molecule has 3 aromatic rings. The van der Waals surface area contributed by atoms with Crippen LogP contribution in [-0.4, -0.2) is 19.5 Å². The van der Waals surface area contributed by atoms with Crippen LogP contribution in [0.2, 0.25) is 0 Å². The van der Waals surface area contributed by atoms with Crippen molar-refractivity contribution in [1.82, 2.24) is 0 Å². The van der Waals surface area contributed by atoms with E-state index >= 15 is 0 Å². The van der Waals surface area contributed by atoms with Crippen molar-refractivity contribution in [3.8, 4) is 0 Å². The first-order valence-electron chi connectivity index (χ1n) is 8.66. The Balaban J connectivity index is 1.74. The summed E-state index contributed by atoms with van der Waals surface area (Å²) >= 11 is 0. The lowest BCUT2D eigenvalue weighted by atomic mass is 10.1. The van der Waals surface area contributed by atoms with Gasteiger partial charge in [-0.25, -0.2) is 0 Å². The summed E-state index contributed by atoms with van der Waals surface area (Å²) in [4.78, 5) is 14.5. The number of amides is 1. The molecule has 0 aliphatic heterocycles. The van der Waals surface area contributed by atoms with E-state index in [2.05, 4.69) is 48.6 Å². The van der Waals surface area contributed by atoms with Crippen molar-refractivity contribution < 1.29 is 4.79 Å². The van der Waals surface area contributed by atoms with Crippen LogP contribution in [0.1, 0.15) is 18.1 Å². The Hall–Kier alpha value is -2.81. The number of aryl methyl sites for hydroxylation is 2. The van der Waals surface area contributed by atoms with E-state index in [0.717, 1.165) is 23.4 Å². The maximum Gasteiger partial charge on any atom is 0.243 e. The highest BCUT2D eigenvalue weighted by molar-refractivity contribution is 5.96. The highest BCUT2D eigenvalue weighted by Gasteiger charge is 2.11. The molecule has 0 aliphatic carbocycles. The molecular weight excluding hydrogens is 308 g/mol. The smallest absolute Gasteiger partial charge is 0.243 e. The van der Waals surface area contributed by atoms with Gasteiger partial charge in [-0.3, -0.25) is 4.79 Å². The Labute approximate surface area is 149 Å². The van der Waals surface area contributed by atoms with Crippen molar-refractivity contribution in [1.29, 1.82) is 0 Å². The van der Waals surface area contributed by atoms with E-state index in [9.17, 15) is 4.79 Å². The highest BCUT2D eigenvalue weighted by Crippen LogP contribution is 2.23. The summed E-state index contributed by atoms with van der Waals surface area (Å²) in [5.41, 5.74) is 4.25. The average molecular weight is 332 g/mol. The van der Waals surface area contributed by atoms with Crippen LogP contribution < -0.4 is 10.2 Å². The lowest BCUT2D eigenvalue weighted by Gasteiger charge is -2.20. The molecule has 0 fully saturated rings. The Bertz CT molecular complexity index is 901. The van der Waals surface area contributed by atoms with Gasteiger partial charge in [0.15, 0.2) is 0 Å². The molecule has 0 aliphatic rings. The minimum atomic E-state index is -0.000316. The Kier molecular flexibility index (Phi) is 5.03. The number of nitrogens with one attached hydrogen (secondary N) is 1. The molecule has 25 heavy (non-hydrogen) atoms. The van der Waals surface area contributed by atoms with Gasteiger partial charge in [-0.1, -0.05) is 55.5 Å². The number of hydrogen-bond acceptors (Lipinski definition) is 2. The second-order valence-corrected chi connectivity index (χ2v) is 6.40. The van der Waals surface area contributed by atoms with Crippen LogP contribution in [0.3, 0.4) is 0 Å². The third-order valence-corrected chi connectivity index (χ3v) is 4.56. The molecule has 128 valence electrons. The van der Waals surface area contributed by atoms with E-state index in [1.54, 1.807) is 0 Å². The van der Waals surface area contributed by atoms with Gasteiger partial charge in [0, 0.05) is 18.4 Å². The lowest BCUT2D eigenvalue weighted by Crippen LogP contribution is -2.30. The van der Waals surface area contributed by atoms with Crippen molar-refractivity contribution in [3.05, 3.63) is 71.8 Å². The molecule has 0 radical (unpaired) electrons. The van der Waals surface area contributed by atoms with Gasteiger partial charge in [0.1, 0.15) is 0 Å². The van der Waals surface area contributed by atoms with Gasteiger partial charge in [-0.2, -0.15) is 0 Å². The first-order valence-corrected chi connectivity index (χ1v) is 8.66. The predicted octanol–water partition coefficient (Wildman–Crippen LogP) is 4.79. The van der Waals surface area contributed by atoms with Gasteiger partial charge in [0.2, 0.25) is 5.91 Å². The van der Waals surface area contributed by atoms with E-state index in [-0.39, 0.29) is 5.91 Å². The normalized spacial score (nSPS) is 10.7. The van der Waals surface area contributed by atoms with Crippen LogP contribution in [-0.2, 0) is 11.2 Å². The van der Waals surface area contributed by atoms with Crippen LogP contribution in [0.15, 0.2) is 60.7 Å². The van der Waals surface area contributed by atoms with Gasteiger partial charge in [-0.15, -0.1) is 0 Å². The minimum Gasteiger partial charge on any atom is -0.365 e. The van der Waals surface area contributed by atoms with Crippen molar-refractivity contribution in [3.63, 3.8) is 0 Å². The SMILES string of the molecule is CCc1cccc(C)c1NC(=O)CN(C)c1ccc2ccccc2c1. The second-order valence-electron chi connectivity index (χ2n) is 6.40. The summed E-state index contributed by atoms with van der Waals surface area (Å²) in [6, 6.07) is 20.6. The number of anilines is 2. The highest BCUT2D eigenvalue weighted by atomic mass is 16.2. The van der Waals surface area contributed by atoms with E-state index in [4.69, 9.17) is 0 Å². The molecule has 3 nitrogen and oxygen atoms in total. The summed E-state index contributed by atoms with van der Waals surface area (Å²) in [6.45, 7) is 4.45. The number of carbonyl (C=O) groups excluding carboxylic acids is 1. The number of carbonyl (C=O) groups is 1. The van der Waals surface area contributed by atoms with Crippen LogP contribution in [0.25, 0.3) is 10.8 Å². The quantitative estimate of drug-likeness (QED) is 0.729. The van der Waals surface area contributed by atoms with Crippen molar-refractivity contribution >= 4 is 28.1 Å². The number of nitrogens with zero attached hydrogens (tertiary/aromatic N) is 1. The molecule has 0 saturated carbocycles. The van der Waals surface area contributed by atoms with Gasteiger partial charge in [-0.05, 0) is 47.4 Å². The second kappa shape index (κ2) is 7.39. The summed E-state index contributed by atoms with van der Waals surface area (Å²) in [5.74, 6) is -0.000316. The first-order chi connectivity index (χ1) is 12.1. The van der Waals surface area contributed by atoms with E-state index in [1.807, 2.05) is 43.1 Å². The molecule has 1 amide bonds. The molecule has 0 bridgehead atoms. The molecular formula is C22H24N2O. The number of rotatable bonds is 5. The Morgan fingerprint density at radius 1 is 1.00 bits per heavy atom. The molecule has 0 saturated heterocycles. The lowest BCUT2D eigenvalue weighted by molar-refractivity contribution is -0.114. The van der Waals surface area contributed by atoms with Gasteiger partial charge in [0.05, 0.1) is 6.54 Å². The van der Waals surface area contributed by atoms with Gasteiger partial charge < -0.3 is 10.2 Å². The Morgan fingerprint density at radius 2 is 1.76 bits per heavy atom. The van der Waals surface area contributed by atoms with Crippen LogP contribution >= 0.6 is 0 Å². The average Bonchev–Trinajstić information content (AvgIpc) is 2.62. The zero-order valence-corrected chi connectivity index (χ0v) is 15.0. The topological polar surface area (TPSA) is 32.3 Å². The van der Waals surface area contributed by atoms with Gasteiger partial charge in [0.25, 0.3) is 0 Å². The molecule has 3 heteroatoms. The Morgan fingerprint density at radius 3 is 2.52 bits per heavy atom. The number of hydrogen-bond donors (Lipinski definition) is 1. The number of likely N-dealkylation sites (N-methyl/N-ethyl adjacent to an activating group) is 1. The molecule has 0 unspecified atom stereocenters. The fourth-order valence-electron chi connectivity index (χ4n) is 3.10. The fraction of sp³-hybridized carbons (Fsp3) is 0.227. The molecule has 1 N–H and O–H groups in total. The zero-order valence-electron chi connectivity index (χ0n) is 15.0. The zero-order chi connectivity index (χ0) is 17.8. The standard InChI is InChI=1S/C22H24N2O/c1-4-17-11-7-8-16(2)22(17)23-21(25)15-24(3)20-13-12-18-9-5-6-10-19(18)14-20/h5-14H,4,15H2,1-3H3,(H,23,25). The van der Waals surface area contributed by atoms with E-state index < -0.39 is 0 Å². The number of fused-ring (bicyclic) bond motifs is 1. The summed E-state index contributed by atoms with van der Waals surface area (Å²) < 4.78 is 0. The largest absolute Gasteiger partial charge is 0.365 e. The summed E-state index contributed by atoms with van der Waals surface area (Å²) in [7, 11) is 1.95. The molecule has 0 atom stereocenters. The maximum absolute atomic E-state index is 12.5. The minimum absolute atomic E-state index is 0.000316. The van der Waals surface area contributed by atoms with Gasteiger partial charge >= 0.3 is 0 Å². The molecule has 0 heterocycles. The van der Waals surface area contributed by atoms with Crippen LogP contribution in [0.5, 0.6) is 0 Å². The summed E-state index contributed by atoms with van der Waals surface area (Å²) in [5, 5.41) is 5.47.